The highest BCUT2D eigenvalue weighted by molar-refractivity contribution is 6.03. The molecule has 0 aliphatic heterocycles. The van der Waals surface area contributed by atoms with E-state index in [9.17, 15) is 4.79 Å². The van der Waals surface area contributed by atoms with Crippen LogP contribution in [-0.4, -0.2) is 15.9 Å². The molecule has 0 saturated heterocycles. The molecule has 26 heavy (non-hydrogen) atoms. The van der Waals surface area contributed by atoms with Crippen LogP contribution in [0.5, 0.6) is 0 Å². The summed E-state index contributed by atoms with van der Waals surface area (Å²) in [7, 11) is 0. The molecule has 0 fully saturated rings. The molecule has 0 radical (unpaired) electrons. The molecular formula is C21H22N4O. The Bertz CT molecular complexity index is 921. The molecule has 5 heteroatoms. The van der Waals surface area contributed by atoms with Crippen LogP contribution in [0.3, 0.4) is 0 Å². The lowest BCUT2D eigenvalue weighted by molar-refractivity contribution is 0.102. The SMILES string of the molecule is Cc1cccc(NC(=O)c2ccnc(Nc3ccccc3C(C)C)n2)c1. The van der Waals surface area contributed by atoms with Crippen LogP contribution in [0.1, 0.15) is 41.4 Å². The number of rotatable bonds is 5. The van der Waals surface area contributed by atoms with Gasteiger partial charge in [-0.05, 0) is 48.2 Å². The predicted octanol–water partition coefficient (Wildman–Crippen LogP) is 4.90. The maximum absolute atomic E-state index is 12.5. The molecule has 0 aliphatic rings. The predicted molar refractivity (Wildman–Crippen MR) is 105 cm³/mol. The van der Waals surface area contributed by atoms with Crippen LogP contribution in [-0.2, 0) is 0 Å². The molecule has 0 spiro atoms. The Labute approximate surface area is 153 Å². The third-order valence-electron chi connectivity index (χ3n) is 3.99. The standard InChI is InChI=1S/C21H22N4O/c1-14(2)17-9-4-5-10-18(17)24-21-22-12-11-19(25-21)20(26)23-16-8-6-7-15(3)13-16/h4-14H,1-3H3,(H,23,26)(H,22,24,25). The monoisotopic (exact) mass is 346 g/mol. The lowest BCUT2D eigenvalue weighted by Gasteiger charge is -2.13. The van der Waals surface area contributed by atoms with Gasteiger partial charge in [-0.2, -0.15) is 0 Å². The number of aromatic nitrogens is 2. The second kappa shape index (κ2) is 7.78. The Morgan fingerprint density at radius 2 is 1.85 bits per heavy atom. The molecule has 132 valence electrons. The summed E-state index contributed by atoms with van der Waals surface area (Å²) < 4.78 is 0. The van der Waals surface area contributed by atoms with E-state index < -0.39 is 0 Å². The Hall–Kier alpha value is -3.21. The highest BCUT2D eigenvalue weighted by Gasteiger charge is 2.11. The van der Waals surface area contributed by atoms with Gasteiger partial charge in [0.2, 0.25) is 5.95 Å². The van der Waals surface area contributed by atoms with Gasteiger partial charge in [0.15, 0.2) is 0 Å². The van der Waals surface area contributed by atoms with Gasteiger partial charge < -0.3 is 10.6 Å². The number of aryl methyl sites for hydroxylation is 1. The van der Waals surface area contributed by atoms with E-state index in [0.717, 1.165) is 16.9 Å². The van der Waals surface area contributed by atoms with Gasteiger partial charge in [-0.25, -0.2) is 9.97 Å². The minimum atomic E-state index is -0.266. The molecule has 1 aromatic heterocycles. The molecule has 0 aliphatic carbocycles. The molecule has 2 N–H and O–H groups in total. The van der Waals surface area contributed by atoms with Gasteiger partial charge in [0.25, 0.3) is 5.91 Å². The van der Waals surface area contributed by atoms with Gasteiger partial charge in [0, 0.05) is 17.6 Å². The molecule has 0 bridgehead atoms. The number of anilines is 3. The van der Waals surface area contributed by atoms with E-state index in [0.29, 0.717) is 17.6 Å². The summed E-state index contributed by atoms with van der Waals surface area (Å²) in [4.78, 5) is 21.1. The van der Waals surface area contributed by atoms with Gasteiger partial charge in [-0.15, -0.1) is 0 Å². The zero-order valence-corrected chi connectivity index (χ0v) is 15.2. The van der Waals surface area contributed by atoms with E-state index in [1.807, 2.05) is 49.4 Å². The van der Waals surface area contributed by atoms with Crippen molar-refractivity contribution >= 4 is 23.2 Å². The number of para-hydroxylation sites is 1. The highest BCUT2D eigenvalue weighted by Crippen LogP contribution is 2.25. The molecular weight excluding hydrogens is 324 g/mol. The van der Waals surface area contributed by atoms with Crippen molar-refractivity contribution in [2.24, 2.45) is 0 Å². The lowest BCUT2D eigenvalue weighted by Crippen LogP contribution is -2.15. The van der Waals surface area contributed by atoms with Gasteiger partial charge in [0.05, 0.1) is 0 Å². The second-order valence-corrected chi connectivity index (χ2v) is 6.46. The number of benzene rings is 2. The number of nitrogens with one attached hydrogen (secondary N) is 2. The topological polar surface area (TPSA) is 66.9 Å². The molecule has 0 saturated carbocycles. The number of hydrogen-bond acceptors (Lipinski definition) is 4. The highest BCUT2D eigenvalue weighted by atomic mass is 16.1. The van der Waals surface area contributed by atoms with Gasteiger partial charge in [-0.1, -0.05) is 44.2 Å². The van der Waals surface area contributed by atoms with E-state index >= 15 is 0 Å². The van der Waals surface area contributed by atoms with Crippen LogP contribution >= 0.6 is 0 Å². The van der Waals surface area contributed by atoms with Crippen LogP contribution in [0.2, 0.25) is 0 Å². The van der Waals surface area contributed by atoms with E-state index in [1.165, 1.54) is 5.56 Å². The molecule has 5 nitrogen and oxygen atoms in total. The Morgan fingerprint density at radius 1 is 1.04 bits per heavy atom. The molecule has 0 unspecified atom stereocenters. The number of hydrogen-bond donors (Lipinski definition) is 2. The second-order valence-electron chi connectivity index (χ2n) is 6.46. The first-order valence-electron chi connectivity index (χ1n) is 8.60. The van der Waals surface area contributed by atoms with Crippen molar-refractivity contribution in [3.05, 3.63) is 77.6 Å². The largest absolute Gasteiger partial charge is 0.324 e. The Balaban J connectivity index is 1.79. The number of carbonyl (C=O) groups excluding carboxylic acids is 1. The van der Waals surface area contributed by atoms with Crippen molar-refractivity contribution in [1.29, 1.82) is 0 Å². The van der Waals surface area contributed by atoms with Crippen LogP contribution in [0.25, 0.3) is 0 Å². The molecule has 1 amide bonds. The normalized spacial score (nSPS) is 10.6. The molecule has 3 aromatic rings. The summed E-state index contributed by atoms with van der Waals surface area (Å²) in [5.41, 5.74) is 4.25. The quantitative estimate of drug-likeness (QED) is 0.689. The average molecular weight is 346 g/mol. The third-order valence-corrected chi connectivity index (χ3v) is 3.99. The first-order valence-corrected chi connectivity index (χ1v) is 8.60. The maximum atomic E-state index is 12.5. The summed E-state index contributed by atoms with van der Waals surface area (Å²) in [5.74, 6) is 0.500. The van der Waals surface area contributed by atoms with Crippen molar-refractivity contribution in [2.75, 3.05) is 10.6 Å². The summed E-state index contributed by atoms with van der Waals surface area (Å²) in [6.45, 7) is 6.24. The summed E-state index contributed by atoms with van der Waals surface area (Å²) >= 11 is 0. The molecule has 1 heterocycles. The first kappa shape index (κ1) is 17.6. The molecule has 3 rings (SSSR count). The number of nitrogens with zero attached hydrogens (tertiary/aromatic N) is 2. The van der Waals surface area contributed by atoms with Gasteiger partial charge >= 0.3 is 0 Å². The first-order chi connectivity index (χ1) is 12.5. The minimum absolute atomic E-state index is 0.266. The van der Waals surface area contributed by atoms with Crippen LogP contribution in [0.15, 0.2) is 60.8 Å². The van der Waals surface area contributed by atoms with E-state index in [4.69, 9.17) is 0 Å². The van der Waals surface area contributed by atoms with E-state index in [1.54, 1.807) is 12.3 Å². The van der Waals surface area contributed by atoms with Gasteiger partial charge in [0.1, 0.15) is 5.69 Å². The van der Waals surface area contributed by atoms with Crippen molar-refractivity contribution in [3.63, 3.8) is 0 Å². The summed E-state index contributed by atoms with van der Waals surface area (Å²) in [6, 6.07) is 17.3. The fourth-order valence-electron chi connectivity index (χ4n) is 2.70. The number of carbonyl (C=O) groups is 1. The van der Waals surface area contributed by atoms with Crippen molar-refractivity contribution in [1.82, 2.24) is 9.97 Å². The maximum Gasteiger partial charge on any atom is 0.274 e. The minimum Gasteiger partial charge on any atom is -0.324 e. The van der Waals surface area contributed by atoms with Crippen molar-refractivity contribution in [3.8, 4) is 0 Å². The fourth-order valence-corrected chi connectivity index (χ4v) is 2.70. The third kappa shape index (κ3) is 4.25. The summed E-state index contributed by atoms with van der Waals surface area (Å²) in [5, 5.41) is 6.08. The zero-order chi connectivity index (χ0) is 18.5. The van der Waals surface area contributed by atoms with Crippen LogP contribution in [0.4, 0.5) is 17.3 Å². The lowest BCUT2D eigenvalue weighted by atomic mass is 10.0. The zero-order valence-electron chi connectivity index (χ0n) is 15.2. The smallest absolute Gasteiger partial charge is 0.274 e. The average Bonchev–Trinajstić information content (AvgIpc) is 2.62. The Kier molecular flexibility index (Phi) is 5.27. The fraction of sp³-hybridized carbons (Fsp3) is 0.190. The van der Waals surface area contributed by atoms with Crippen LogP contribution < -0.4 is 10.6 Å². The van der Waals surface area contributed by atoms with Crippen LogP contribution in [0, 0.1) is 6.92 Å². The van der Waals surface area contributed by atoms with Gasteiger partial charge in [-0.3, -0.25) is 4.79 Å². The Morgan fingerprint density at radius 3 is 2.62 bits per heavy atom. The molecule has 2 aromatic carbocycles. The van der Waals surface area contributed by atoms with E-state index in [2.05, 4.69) is 40.5 Å². The van der Waals surface area contributed by atoms with E-state index in [-0.39, 0.29) is 5.91 Å². The van der Waals surface area contributed by atoms with Crippen molar-refractivity contribution < 1.29 is 4.79 Å². The number of amides is 1. The summed E-state index contributed by atoms with van der Waals surface area (Å²) in [6.07, 6.45) is 1.58. The van der Waals surface area contributed by atoms with Crippen molar-refractivity contribution in [2.45, 2.75) is 26.7 Å². The molecule has 0 atom stereocenters.